The van der Waals surface area contributed by atoms with Gasteiger partial charge in [-0.25, -0.2) is 4.68 Å². The lowest BCUT2D eigenvalue weighted by molar-refractivity contribution is -0.123. The van der Waals surface area contributed by atoms with Crippen LogP contribution in [0.15, 0.2) is 47.1 Å². The number of nitrogens with one attached hydrogen (secondary N) is 2. The minimum Gasteiger partial charge on any atom is -0.497 e. The molecule has 35 heavy (non-hydrogen) atoms. The minimum atomic E-state index is -0.509. The fraction of sp³-hybridized carbons (Fsp3) is 0.333. The van der Waals surface area contributed by atoms with Crippen molar-refractivity contribution in [1.29, 1.82) is 0 Å². The predicted molar refractivity (Wildman–Crippen MR) is 130 cm³/mol. The van der Waals surface area contributed by atoms with E-state index in [-0.39, 0.29) is 43.8 Å². The molecule has 1 unspecified atom stereocenters. The van der Waals surface area contributed by atoms with E-state index in [1.165, 1.54) is 4.68 Å². The van der Waals surface area contributed by atoms with Gasteiger partial charge in [-0.05, 0) is 36.4 Å². The fourth-order valence-electron chi connectivity index (χ4n) is 4.22. The summed E-state index contributed by atoms with van der Waals surface area (Å²) in [6, 6.07) is 10.7. The molecule has 2 N–H and O–H groups in total. The number of furan rings is 1. The number of benzene rings is 1. The second-order valence-electron chi connectivity index (χ2n) is 8.37. The molecule has 2 aliphatic heterocycles. The van der Waals surface area contributed by atoms with Crippen LogP contribution in [0.2, 0.25) is 0 Å². The number of methoxy groups -OCH3 is 1. The van der Waals surface area contributed by atoms with E-state index in [9.17, 15) is 14.4 Å². The number of nitrogens with zero attached hydrogens (tertiary/aromatic N) is 3. The SMILES string of the molecule is COc1ccc(N2CC(C(=O)Nc3c4c(nn3CC(=O)NCc3ccco3)CSC4)CC2=O)cc1. The van der Waals surface area contributed by atoms with E-state index in [0.29, 0.717) is 23.1 Å². The highest BCUT2D eigenvalue weighted by atomic mass is 32.2. The standard InChI is InChI=1S/C24H25N5O5S/c1-33-17-6-4-16(5-7-17)28-11-15(9-22(28)31)24(32)26-23-19-13-35-14-20(19)27-29(23)12-21(30)25-10-18-3-2-8-34-18/h2-8,15H,9-14H2,1H3,(H,25,30)(H,26,32). The van der Waals surface area contributed by atoms with E-state index in [4.69, 9.17) is 9.15 Å². The number of aromatic nitrogens is 2. The first kappa shape index (κ1) is 23.0. The summed E-state index contributed by atoms with van der Waals surface area (Å²) in [4.78, 5) is 40.0. The summed E-state index contributed by atoms with van der Waals surface area (Å²) >= 11 is 1.71. The zero-order valence-electron chi connectivity index (χ0n) is 19.2. The van der Waals surface area contributed by atoms with E-state index in [0.717, 1.165) is 22.7 Å². The maximum Gasteiger partial charge on any atom is 0.242 e. The van der Waals surface area contributed by atoms with Crippen molar-refractivity contribution in [2.45, 2.75) is 31.0 Å². The summed E-state index contributed by atoms with van der Waals surface area (Å²) in [5.41, 5.74) is 2.52. The van der Waals surface area contributed by atoms with Crippen LogP contribution in [-0.2, 0) is 39.0 Å². The molecule has 182 valence electrons. The van der Waals surface area contributed by atoms with Crippen LogP contribution in [-0.4, -0.2) is 41.2 Å². The van der Waals surface area contributed by atoms with Crippen molar-refractivity contribution in [3.05, 3.63) is 59.7 Å². The molecule has 1 aromatic carbocycles. The molecule has 10 nitrogen and oxygen atoms in total. The van der Waals surface area contributed by atoms with Gasteiger partial charge in [0, 0.05) is 35.7 Å². The number of fused-ring (bicyclic) bond motifs is 1. The first-order valence-corrected chi connectivity index (χ1v) is 12.4. The van der Waals surface area contributed by atoms with Gasteiger partial charge in [0.2, 0.25) is 17.7 Å². The Morgan fingerprint density at radius 1 is 1.23 bits per heavy atom. The molecule has 5 rings (SSSR count). The molecular weight excluding hydrogens is 470 g/mol. The maximum absolute atomic E-state index is 13.2. The summed E-state index contributed by atoms with van der Waals surface area (Å²) in [5.74, 6) is 2.19. The van der Waals surface area contributed by atoms with Gasteiger partial charge in [-0.15, -0.1) is 0 Å². The van der Waals surface area contributed by atoms with Gasteiger partial charge in [0.15, 0.2) is 0 Å². The average molecular weight is 496 g/mol. The number of rotatable bonds is 8. The molecule has 2 aromatic heterocycles. The van der Waals surface area contributed by atoms with Crippen molar-refractivity contribution in [3.63, 3.8) is 0 Å². The third-order valence-electron chi connectivity index (χ3n) is 6.07. The quantitative estimate of drug-likeness (QED) is 0.493. The molecule has 2 aliphatic rings. The van der Waals surface area contributed by atoms with Gasteiger partial charge in [0.05, 0.1) is 31.5 Å². The molecule has 0 aliphatic carbocycles. The molecule has 0 radical (unpaired) electrons. The van der Waals surface area contributed by atoms with Crippen LogP contribution in [0, 0.1) is 5.92 Å². The minimum absolute atomic E-state index is 0.0322. The molecule has 0 saturated carbocycles. The molecule has 1 fully saturated rings. The van der Waals surface area contributed by atoms with Gasteiger partial charge in [-0.1, -0.05) is 0 Å². The first-order valence-electron chi connectivity index (χ1n) is 11.2. The number of hydrogen-bond acceptors (Lipinski definition) is 7. The van der Waals surface area contributed by atoms with Crippen LogP contribution < -0.4 is 20.3 Å². The van der Waals surface area contributed by atoms with E-state index in [1.807, 2.05) is 0 Å². The third kappa shape index (κ3) is 4.90. The Balaban J connectivity index is 1.26. The number of anilines is 2. The Labute approximate surface area is 206 Å². The Morgan fingerprint density at radius 3 is 2.80 bits per heavy atom. The lowest BCUT2D eigenvalue weighted by atomic mass is 10.1. The molecule has 3 amide bonds. The molecule has 11 heteroatoms. The van der Waals surface area contributed by atoms with Crippen molar-refractivity contribution >= 4 is 41.0 Å². The van der Waals surface area contributed by atoms with Crippen LogP contribution in [0.1, 0.15) is 23.4 Å². The molecule has 1 saturated heterocycles. The number of amides is 3. The van der Waals surface area contributed by atoms with Crippen molar-refractivity contribution < 1.29 is 23.5 Å². The second kappa shape index (κ2) is 9.87. The number of ether oxygens (including phenoxy) is 1. The van der Waals surface area contributed by atoms with Crippen molar-refractivity contribution in [2.75, 3.05) is 23.9 Å². The van der Waals surface area contributed by atoms with E-state index in [1.54, 1.807) is 66.4 Å². The van der Waals surface area contributed by atoms with Crippen molar-refractivity contribution in [3.8, 4) is 5.75 Å². The molecule has 4 heterocycles. The molecule has 0 spiro atoms. The van der Waals surface area contributed by atoms with Gasteiger partial charge < -0.3 is 24.7 Å². The Morgan fingerprint density at radius 2 is 2.06 bits per heavy atom. The zero-order chi connectivity index (χ0) is 24.4. The van der Waals surface area contributed by atoms with Crippen LogP contribution in [0.25, 0.3) is 0 Å². The van der Waals surface area contributed by atoms with Gasteiger partial charge in [0.25, 0.3) is 0 Å². The Bertz CT molecular complexity index is 1240. The number of carbonyl (C=O) groups is 3. The molecular formula is C24H25N5O5S. The summed E-state index contributed by atoms with van der Waals surface area (Å²) in [6.07, 6.45) is 1.67. The van der Waals surface area contributed by atoms with Gasteiger partial charge >= 0.3 is 0 Å². The van der Waals surface area contributed by atoms with E-state index >= 15 is 0 Å². The predicted octanol–water partition coefficient (Wildman–Crippen LogP) is 2.54. The topological polar surface area (TPSA) is 119 Å². The second-order valence-corrected chi connectivity index (χ2v) is 9.36. The van der Waals surface area contributed by atoms with Crippen LogP contribution in [0.4, 0.5) is 11.5 Å². The molecule has 0 bridgehead atoms. The van der Waals surface area contributed by atoms with Crippen molar-refractivity contribution in [2.24, 2.45) is 5.92 Å². The lowest BCUT2D eigenvalue weighted by Crippen LogP contribution is -2.31. The Hall–Kier alpha value is -3.73. The third-order valence-corrected chi connectivity index (χ3v) is 7.04. The van der Waals surface area contributed by atoms with Crippen LogP contribution >= 0.6 is 11.8 Å². The summed E-state index contributed by atoms with van der Waals surface area (Å²) in [7, 11) is 1.58. The summed E-state index contributed by atoms with van der Waals surface area (Å²) in [5, 5.41) is 10.3. The highest BCUT2D eigenvalue weighted by molar-refractivity contribution is 7.98. The largest absolute Gasteiger partial charge is 0.497 e. The van der Waals surface area contributed by atoms with Gasteiger partial charge in [0.1, 0.15) is 23.9 Å². The summed E-state index contributed by atoms with van der Waals surface area (Å²) in [6.45, 7) is 0.525. The van der Waals surface area contributed by atoms with Crippen LogP contribution in [0.3, 0.4) is 0 Å². The normalized spacial score (nSPS) is 16.9. The maximum atomic E-state index is 13.2. The number of thioether (sulfide) groups is 1. The number of hydrogen-bond donors (Lipinski definition) is 2. The Kier molecular flexibility index (Phi) is 6.49. The van der Waals surface area contributed by atoms with Crippen LogP contribution in [0.5, 0.6) is 5.75 Å². The van der Waals surface area contributed by atoms with E-state index in [2.05, 4.69) is 15.7 Å². The zero-order valence-corrected chi connectivity index (χ0v) is 20.0. The van der Waals surface area contributed by atoms with E-state index < -0.39 is 5.92 Å². The summed E-state index contributed by atoms with van der Waals surface area (Å²) < 4.78 is 12.0. The highest BCUT2D eigenvalue weighted by Crippen LogP contribution is 2.35. The highest BCUT2D eigenvalue weighted by Gasteiger charge is 2.36. The molecule has 1 atom stereocenters. The molecule has 3 aromatic rings. The smallest absolute Gasteiger partial charge is 0.242 e. The average Bonchev–Trinajstić information content (AvgIpc) is 3.65. The number of carbonyl (C=O) groups excluding carboxylic acids is 3. The van der Waals surface area contributed by atoms with Gasteiger partial charge in [-0.2, -0.15) is 16.9 Å². The fourth-order valence-corrected chi connectivity index (χ4v) is 5.26. The first-order chi connectivity index (χ1) is 17.0. The monoisotopic (exact) mass is 495 g/mol. The van der Waals surface area contributed by atoms with Gasteiger partial charge in [-0.3, -0.25) is 14.4 Å². The lowest BCUT2D eigenvalue weighted by Gasteiger charge is -2.17. The van der Waals surface area contributed by atoms with Crippen molar-refractivity contribution in [1.82, 2.24) is 15.1 Å².